The van der Waals surface area contributed by atoms with E-state index in [0.717, 1.165) is 4.47 Å². The van der Waals surface area contributed by atoms with Crippen LogP contribution in [0, 0.1) is 0 Å². The van der Waals surface area contributed by atoms with Crippen molar-refractivity contribution in [2.75, 3.05) is 0 Å². The van der Waals surface area contributed by atoms with Gasteiger partial charge in [0.15, 0.2) is 0 Å². The highest BCUT2D eigenvalue weighted by molar-refractivity contribution is 9.10. The van der Waals surface area contributed by atoms with Crippen molar-refractivity contribution >= 4 is 23.3 Å². The molecule has 0 radical (unpaired) electrons. The van der Waals surface area contributed by atoms with E-state index in [1.807, 2.05) is 71.9 Å². The molecule has 5 heteroatoms. The zero-order chi connectivity index (χ0) is 15.4. The molecule has 1 fully saturated rings. The van der Waals surface area contributed by atoms with E-state index in [1.165, 1.54) is 0 Å². The molecule has 2 rings (SSSR count). The van der Waals surface area contributed by atoms with Gasteiger partial charge in [-0.15, -0.1) is 0 Å². The normalized spacial score (nSPS) is 19.7. The Bertz CT molecular complexity index is 391. The second-order valence-electron chi connectivity index (χ2n) is 6.03. The van der Waals surface area contributed by atoms with Crippen LogP contribution >= 0.6 is 15.9 Å². The maximum Gasteiger partial charge on any atom is 0.640 e. The lowest BCUT2D eigenvalue weighted by molar-refractivity contribution is 0.00578. The predicted octanol–water partition coefficient (Wildman–Crippen LogP) is 4.45. The molecular weight excluding hydrogens is 319 g/mol. The molecule has 0 atom stereocenters. The molecule has 3 nitrogen and oxygen atoms in total. The van der Waals surface area contributed by atoms with E-state index in [2.05, 4.69) is 15.9 Å². The van der Waals surface area contributed by atoms with Gasteiger partial charge in [0, 0.05) is 10.6 Å². The van der Waals surface area contributed by atoms with Crippen LogP contribution < -0.4 is 0 Å². The molecule has 0 N–H and O–H groups in total. The summed E-state index contributed by atoms with van der Waals surface area (Å²) in [7, 11) is -0.523. The highest BCUT2D eigenvalue weighted by Gasteiger charge is 2.53. The summed E-state index contributed by atoms with van der Waals surface area (Å²) in [5, 5.41) is 0. The van der Waals surface area contributed by atoms with E-state index in [1.54, 1.807) is 0 Å². The molecule has 0 aliphatic carbocycles. The average molecular weight is 343 g/mol. The van der Waals surface area contributed by atoms with Gasteiger partial charge in [-0.25, -0.2) is 0 Å². The Morgan fingerprint density at radius 3 is 1.75 bits per heavy atom. The lowest BCUT2D eigenvalue weighted by Gasteiger charge is -2.31. The quantitative estimate of drug-likeness (QED) is 0.743. The maximum absolute atomic E-state index is 5.63. The minimum absolute atomic E-state index is 0.120. The molecule has 1 aromatic carbocycles. The summed E-state index contributed by atoms with van der Waals surface area (Å²) < 4.78 is 17.8. The summed E-state index contributed by atoms with van der Waals surface area (Å²) in [6.45, 7) is 12.0. The molecule has 1 aliphatic rings. The Morgan fingerprint density at radius 2 is 1.45 bits per heavy atom. The summed E-state index contributed by atoms with van der Waals surface area (Å²) in [4.78, 5) is 0. The van der Waals surface area contributed by atoms with E-state index < -0.39 is 7.32 Å². The van der Waals surface area contributed by atoms with Gasteiger partial charge in [-0.1, -0.05) is 34.1 Å². The van der Waals surface area contributed by atoms with Crippen molar-refractivity contribution in [1.29, 1.82) is 0 Å². The topological polar surface area (TPSA) is 27.7 Å². The average Bonchev–Trinajstić information content (AvgIpc) is 2.47. The first-order chi connectivity index (χ1) is 9.14. The van der Waals surface area contributed by atoms with Crippen LogP contribution in [0.25, 0.3) is 0 Å². The van der Waals surface area contributed by atoms with E-state index in [0.29, 0.717) is 0 Å². The zero-order valence-corrected chi connectivity index (χ0v) is 14.7. The van der Waals surface area contributed by atoms with E-state index in [9.17, 15) is 0 Å². The molecule has 112 valence electrons. The van der Waals surface area contributed by atoms with Crippen molar-refractivity contribution in [3.8, 4) is 0 Å². The monoisotopic (exact) mass is 342 g/mol. The smallest absolute Gasteiger partial charge is 0.384 e. The molecule has 20 heavy (non-hydrogen) atoms. The van der Waals surface area contributed by atoms with E-state index in [4.69, 9.17) is 14.0 Å². The largest absolute Gasteiger partial charge is 0.640 e. The molecule has 0 spiro atoms. The van der Waals surface area contributed by atoms with Crippen LogP contribution in [-0.4, -0.2) is 24.6 Å². The van der Waals surface area contributed by atoms with Crippen LogP contribution in [0.5, 0.6) is 0 Å². The first-order valence-electron chi connectivity index (χ1n) is 6.86. The van der Waals surface area contributed by atoms with Gasteiger partial charge in [-0.05, 0) is 53.7 Å². The van der Waals surface area contributed by atoms with Crippen molar-refractivity contribution in [3.63, 3.8) is 0 Å². The Kier molecular flexibility index (Phi) is 6.26. The van der Waals surface area contributed by atoms with Crippen molar-refractivity contribution in [2.45, 2.75) is 58.8 Å². The SMILES string of the molecule is Brc1ccccc1.CC(C)OB1OC(C)(C)C(C)(C)O1. The Labute approximate surface area is 131 Å². The third kappa shape index (κ3) is 5.21. The Hall–Kier alpha value is -0.355. The molecule has 0 amide bonds. The highest BCUT2D eigenvalue weighted by atomic mass is 79.9. The molecule has 0 aromatic heterocycles. The van der Waals surface area contributed by atoms with Gasteiger partial charge in [0.25, 0.3) is 0 Å². The van der Waals surface area contributed by atoms with Gasteiger partial charge < -0.3 is 14.0 Å². The second kappa shape index (κ2) is 7.07. The zero-order valence-electron chi connectivity index (χ0n) is 13.1. The fourth-order valence-corrected chi connectivity index (χ4v) is 1.79. The number of rotatable bonds is 2. The minimum Gasteiger partial charge on any atom is -0.384 e. The standard InChI is InChI=1S/C9H19BO3.C6H5Br/c1-7(2)11-10-12-8(3,4)9(5,6)13-10;7-6-4-2-1-3-5-6/h7H,1-6H3;1-5H. The molecule has 1 saturated heterocycles. The fraction of sp³-hybridized carbons (Fsp3) is 0.600. The van der Waals surface area contributed by atoms with E-state index >= 15 is 0 Å². The molecule has 1 heterocycles. The number of benzene rings is 1. The highest BCUT2D eigenvalue weighted by Crippen LogP contribution is 2.37. The van der Waals surface area contributed by atoms with Crippen molar-refractivity contribution in [1.82, 2.24) is 0 Å². The van der Waals surface area contributed by atoms with Crippen LogP contribution in [-0.2, 0) is 14.0 Å². The van der Waals surface area contributed by atoms with Crippen LogP contribution in [0.1, 0.15) is 41.5 Å². The van der Waals surface area contributed by atoms with Gasteiger partial charge >= 0.3 is 7.32 Å². The first-order valence-corrected chi connectivity index (χ1v) is 7.65. The maximum atomic E-state index is 5.63. The lowest BCUT2D eigenvalue weighted by atomic mass is 9.90. The van der Waals surface area contributed by atoms with Crippen LogP contribution in [0.4, 0.5) is 0 Å². The summed E-state index contributed by atoms with van der Waals surface area (Å²) in [6, 6.07) is 9.97. The molecule has 0 bridgehead atoms. The number of hydrogen-bond acceptors (Lipinski definition) is 3. The fourth-order valence-electron chi connectivity index (χ4n) is 1.48. The Balaban J connectivity index is 0.000000240. The summed E-state index contributed by atoms with van der Waals surface area (Å²) in [6.07, 6.45) is 0.120. The van der Waals surface area contributed by atoms with Crippen molar-refractivity contribution in [3.05, 3.63) is 34.8 Å². The first kappa shape index (κ1) is 17.7. The third-order valence-electron chi connectivity index (χ3n) is 3.35. The summed E-state index contributed by atoms with van der Waals surface area (Å²) in [5.74, 6) is 0. The molecule has 1 aliphatic heterocycles. The van der Waals surface area contributed by atoms with Gasteiger partial charge in [-0.2, -0.15) is 0 Å². The summed E-state index contributed by atoms with van der Waals surface area (Å²) >= 11 is 3.31. The summed E-state index contributed by atoms with van der Waals surface area (Å²) in [5.41, 5.74) is -0.598. The number of hydrogen-bond donors (Lipinski definition) is 0. The molecule has 0 saturated carbocycles. The van der Waals surface area contributed by atoms with Crippen molar-refractivity contribution < 1.29 is 14.0 Å². The van der Waals surface area contributed by atoms with Crippen LogP contribution in [0.2, 0.25) is 0 Å². The van der Waals surface area contributed by atoms with Crippen LogP contribution in [0.15, 0.2) is 34.8 Å². The van der Waals surface area contributed by atoms with E-state index in [-0.39, 0.29) is 17.3 Å². The minimum atomic E-state index is -0.523. The third-order valence-corrected chi connectivity index (χ3v) is 3.88. The number of halogens is 1. The molecule has 0 unspecified atom stereocenters. The molecular formula is C15H24BBrO3. The Morgan fingerprint density at radius 1 is 1.00 bits per heavy atom. The molecule has 1 aromatic rings. The van der Waals surface area contributed by atoms with Gasteiger partial charge in [0.2, 0.25) is 0 Å². The predicted molar refractivity (Wildman–Crippen MR) is 86.4 cm³/mol. The van der Waals surface area contributed by atoms with Gasteiger partial charge in [0.05, 0.1) is 11.2 Å². The lowest BCUT2D eigenvalue weighted by Crippen LogP contribution is -2.41. The van der Waals surface area contributed by atoms with Crippen molar-refractivity contribution in [2.24, 2.45) is 0 Å². The van der Waals surface area contributed by atoms with Crippen LogP contribution in [0.3, 0.4) is 0 Å². The van der Waals surface area contributed by atoms with Gasteiger partial charge in [-0.3, -0.25) is 0 Å². The second-order valence-corrected chi connectivity index (χ2v) is 6.94. The van der Waals surface area contributed by atoms with Gasteiger partial charge in [0.1, 0.15) is 0 Å².